The van der Waals surface area contributed by atoms with Crippen LogP contribution in [0.3, 0.4) is 0 Å². The molecule has 2 heterocycles. The van der Waals surface area contributed by atoms with Gasteiger partial charge in [-0.3, -0.25) is 19.8 Å². The summed E-state index contributed by atoms with van der Waals surface area (Å²) in [4.78, 5) is 35.1. The zero-order valence-corrected chi connectivity index (χ0v) is 17.3. The summed E-state index contributed by atoms with van der Waals surface area (Å²) in [7, 11) is 0. The summed E-state index contributed by atoms with van der Waals surface area (Å²) < 4.78 is 5.66. The second-order valence-corrected chi connectivity index (χ2v) is 7.35. The van der Waals surface area contributed by atoms with Crippen LogP contribution in [0.2, 0.25) is 0 Å². The molecule has 2 aromatic carbocycles. The van der Waals surface area contributed by atoms with E-state index >= 15 is 0 Å². The van der Waals surface area contributed by atoms with Crippen LogP contribution in [0.5, 0.6) is 11.6 Å². The topological polar surface area (TPSA) is 128 Å². The van der Waals surface area contributed by atoms with Crippen molar-refractivity contribution in [1.82, 2.24) is 14.9 Å². The van der Waals surface area contributed by atoms with E-state index in [0.717, 1.165) is 19.6 Å². The first kappa shape index (κ1) is 21.2. The molecule has 1 aromatic heterocycles. The van der Waals surface area contributed by atoms with Gasteiger partial charge in [-0.25, -0.2) is 4.98 Å². The van der Waals surface area contributed by atoms with Gasteiger partial charge in [0.05, 0.1) is 4.92 Å². The number of nitrogens with two attached hydrogens (primary N) is 1. The van der Waals surface area contributed by atoms with Crippen LogP contribution in [0, 0.1) is 10.1 Å². The van der Waals surface area contributed by atoms with E-state index in [2.05, 4.69) is 27.0 Å². The standard InChI is InChI=1S/C22H22N6O4/c23-20(29)17-7-4-8-18(13-17)32-22-19(28(30)31)21(24-15-25-22)27-11-9-26(10-12-27)14-16-5-2-1-3-6-16/h1-8,13,15H,9-12,14H2,(H2,23,29). The van der Waals surface area contributed by atoms with Crippen LogP contribution in [-0.4, -0.2) is 51.9 Å². The SMILES string of the molecule is NC(=O)c1cccc(Oc2ncnc(N3CCN(Cc4ccccc4)CC3)c2[N+](=O)[O-])c1. The fourth-order valence-electron chi connectivity index (χ4n) is 3.60. The number of rotatable bonds is 7. The molecule has 0 spiro atoms. The molecule has 10 nitrogen and oxygen atoms in total. The molecule has 0 saturated carbocycles. The van der Waals surface area contributed by atoms with Gasteiger partial charge in [0.1, 0.15) is 12.1 Å². The van der Waals surface area contributed by atoms with E-state index in [9.17, 15) is 14.9 Å². The first-order chi connectivity index (χ1) is 15.5. The Morgan fingerprint density at radius 3 is 2.50 bits per heavy atom. The predicted octanol–water partition coefficient (Wildman–Crippen LogP) is 2.60. The molecule has 0 radical (unpaired) electrons. The number of benzene rings is 2. The predicted molar refractivity (Wildman–Crippen MR) is 118 cm³/mol. The third kappa shape index (κ3) is 4.81. The second-order valence-electron chi connectivity index (χ2n) is 7.35. The highest BCUT2D eigenvalue weighted by Gasteiger charge is 2.30. The highest BCUT2D eigenvalue weighted by molar-refractivity contribution is 5.93. The van der Waals surface area contributed by atoms with Crippen LogP contribution in [-0.2, 0) is 6.54 Å². The van der Waals surface area contributed by atoms with Crippen molar-refractivity contribution in [3.05, 3.63) is 82.2 Å². The van der Waals surface area contributed by atoms with E-state index in [1.54, 1.807) is 12.1 Å². The molecule has 0 atom stereocenters. The number of primary amides is 1. The number of nitrogens with zero attached hydrogens (tertiary/aromatic N) is 5. The van der Waals surface area contributed by atoms with Crippen LogP contribution >= 0.6 is 0 Å². The number of ether oxygens (including phenoxy) is 1. The van der Waals surface area contributed by atoms with Crippen molar-refractivity contribution in [3.8, 4) is 11.6 Å². The van der Waals surface area contributed by atoms with Crippen molar-refractivity contribution >= 4 is 17.4 Å². The number of hydrogen-bond donors (Lipinski definition) is 1. The van der Waals surface area contributed by atoms with Gasteiger partial charge in [-0.05, 0) is 23.8 Å². The van der Waals surface area contributed by atoms with E-state index in [1.165, 1.54) is 24.0 Å². The fraction of sp³-hybridized carbons (Fsp3) is 0.227. The van der Waals surface area contributed by atoms with Gasteiger partial charge in [0.25, 0.3) is 0 Å². The molecule has 4 rings (SSSR count). The smallest absolute Gasteiger partial charge is 0.373 e. The molecule has 0 aliphatic carbocycles. The molecule has 3 aromatic rings. The molecule has 1 fully saturated rings. The Hall–Kier alpha value is -4.05. The van der Waals surface area contributed by atoms with E-state index in [4.69, 9.17) is 10.5 Å². The van der Waals surface area contributed by atoms with Crippen molar-refractivity contribution in [2.24, 2.45) is 5.73 Å². The lowest BCUT2D eigenvalue weighted by Crippen LogP contribution is -2.46. The maximum Gasteiger partial charge on any atom is 0.373 e. The van der Waals surface area contributed by atoms with Crippen LogP contribution in [0.1, 0.15) is 15.9 Å². The summed E-state index contributed by atoms with van der Waals surface area (Å²) in [5.41, 5.74) is 6.44. The zero-order chi connectivity index (χ0) is 22.5. The van der Waals surface area contributed by atoms with Gasteiger partial charge < -0.3 is 15.4 Å². The largest absolute Gasteiger partial charge is 0.434 e. The number of carbonyl (C=O) groups is 1. The van der Waals surface area contributed by atoms with Crippen LogP contribution in [0.15, 0.2) is 60.9 Å². The first-order valence-corrected chi connectivity index (χ1v) is 10.1. The van der Waals surface area contributed by atoms with Gasteiger partial charge in [0.2, 0.25) is 11.7 Å². The zero-order valence-electron chi connectivity index (χ0n) is 17.3. The van der Waals surface area contributed by atoms with Crippen molar-refractivity contribution < 1.29 is 14.5 Å². The molecule has 10 heteroatoms. The van der Waals surface area contributed by atoms with E-state index in [1.807, 2.05) is 23.1 Å². The molecule has 2 N–H and O–H groups in total. The number of amides is 1. The number of piperazine rings is 1. The third-order valence-electron chi connectivity index (χ3n) is 5.21. The summed E-state index contributed by atoms with van der Waals surface area (Å²) in [6.07, 6.45) is 1.24. The quantitative estimate of drug-likeness (QED) is 0.444. The maximum absolute atomic E-state index is 11.9. The molecule has 1 aliphatic rings. The average molecular weight is 434 g/mol. The summed E-state index contributed by atoms with van der Waals surface area (Å²) >= 11 is 0. The molecule has 1 saturated heterocycles. The maximum atomic E-state index is 11.9. The summed E-state index contributed by atoms with van der Waals surface area (Å²) in [6.45, 7) is 3.48. The summed E-state index contributed by atoms with van der Waals surface area (Å²) in [5, 5.41) is 11.9. The Balaban J connectivity index is 1.52. The highest BCUT2D eigenvalue weighted by atomic mass is 16.6. The number of nitro groups is 1. The molecule has 1 aliphatic heterocycles. The minimum absolute atomic E-state index is 0.187. The molecule has 164 valence electrons. The molecule has 1 amide bonds. The lowest BCUT2D eigenvalue weighted by molar-refractivity contribution is -0.385. The third-order valence-corrected chi connectivity index (χ3v) is 5.21. The van der Waals surface area contributed by atoms with Crippen LogP contribution < -0.4 is 15.4 Å². The van der Waals surface area contributed by atoms with Crippen LogP contribution in [0.25, 0.3) is 0 Å². The van der Waals surface area contributed by atoms with Gasteiger partial charge in [-0.1, -0.05) is 36.4 Å². The minimum atomic E-state index is -0.623. The Morgan fingerprint density at radius 2 is 1.81 bits per heavy atom. The van der Waals surface area contributed by atoms with Gasteiger partial charge >= 0.3 is 11.6 Å². The molecule has 32 heavy (non-hydrogen) atoms. The van der Waals surface area contributed by atoms with Gasteiger partial charge in [-0.15, -0.1) is 0 Å². The second kappa shape index (κ2) is 9.40. The molecular weight excluding hydrogens is 412 g/mol. The van der Waals surface area contributed by atoms with Crippen molar-refractivity contribution in [3.63, 3.8) is 0 Å². The van der Waals surface area contributed by atoms with Gasteiger partial charge in [0.15, 0.2) is 0 Å². The summed E-state index contributed by atoms with van der Waals surface area (Å²) in [6, 6.07) is 16.3. The van der Waals surface area contributed by atoms with E-state index in [-0.39, 0.29) is 28.7 Å². The molecule has 0 bridgehead atoms. The summed E-state index contributed by atoms with van der Waals surface area (Å²) in [5.74, 6) is -0.373. The Morgan fingerprint density at radius 1 is 1.06 bits per heavy atom. The van der Waals surface area contributed by atoms with Crippen LogP contribution in [0.4, 0.5) is 11.5 Å². The van der Waals surface area contributed by atoms with Gasteiger partial charge in [0, 0.05) is 38.3 Å². The van der Waals surface area contributed by atoms with Gasteiger partial charge in [-0.2, -0.15) is 4.98 Å². The normalized spacial score (nSPS) is 14.2. The Kier molecular flexibility index (Phi) is 6.22. The average Bonchev–Trinajstić information content (AvgIpc) is 2.80. The lowest BCUT2D eigenvalue weighted by Gasteiger charge is -2.35. The number of carbonyl (C=O) groups excluding carboxylic acids is 1. The minimum Gasteiger partial charge on any atom is -0.434 e. The van der Waals surface area contributed by atoms with Crippen molar-refractivity contribution in [1.29, 1.82) is 0 Å². The lowest BCUT2D eigenvalue weighted by atomic mass is 10.2. The fourth-order valence-corrected chi connectivity index (χ4v) is 3.60. The molecular formula is C22H22N6O4. The Bertz CT molecular complexity index is 1120. The number of aromatic nitrogens is 2. The first-order valence-electron chi connectivity index (χ1n) is 10.1. The van der Waals surface area contributed by atoms with E-state index < -0.39 is 10.8 Å². The Labute approximate surface area is 184 Å². The van der Waals surface area contributed by atoms with E-state index in [0.29, 0.717) is 13.1 Å². The number of hydrogen-bond acceptors (Lipinski definition) is 8. The van der Waals surface area contributed by atoms with Crippen molar-refractivity contribution in [2.75, 3.05) is 31.1 Å². The monoisotopic (exact) mass is 434 g/mol. The highest BCUT2D eigenvalue weighted by Crippen LogP contribution is 2.36. The number of anilines is 1. The molecule has 0 unspecified atom stereocenters. The van der Waals surface area contributed by atoms with Crippen molar-refractivity contribution in [2.45, 2.75) is 6.54 Å².